The van der Waals surface area contributed by atoms with Gasteiger partial charge in [0.15, 0.2) is 5.65 Å². The minimum Gasteiger partial charge on any atom is -0.366 e. The van der Waals surface area contributed by atoms with Crippen molar-refractivity contribution in [2.24, 2.45) is 11.3 Å². The first kappa shape index (κ1) is 13.1. The molecule has 2 heterocycles. The van der Waals surface area contributed by atoms with Crippen LogP contribution in [-0.2, 0) is 0 Å². The maximum atomic E-state index is 5.43. The quantitative estimate of drug-likeness (QED) is 0.504. The molecule has 0 aromatic carbocycles. The fourth-order valence-electron chi connectivity index (χ4n) is 2.94. The highest BCUT2D eigenvalue weighted by molar-refractivity contribution is 5.87. The van der Waals surface area contributed by atoms with Crippen molar-refractivity contribution >= 4 is 22.8 Å². The second-order valence-electron chi connectivity index (χ2n) is 6.10. The number of aromatic nitrogens is 4. The Morgan fingerprint density at radius 2 is 2.20 bits per heavy atom. The summed E-state index contributed by atoms with van der Waals surface area (Å²) in [6.07, 6.45) is 6.68. The molecule has 1 aliphatic rings. The summed E-state index contributed by atoms with van der Waals surface area (Å²) in [7, 11) is 0. The zero-order valence-electron chi connectivity index (χ0n) is 11.9. The van der Waals surface area contributed by atoms with Gasteiger partial charge in [0.1, 0.15) is 5.82 Å². The maximum Gasteiger partial charge on any atom is 0.241 e. The molecule has 2 aromatic rings. The number of anilines is 2. The van der Waals surface area contributed by atoms with Crippen molar-refractivity contribution in [2.45, 2.75) is 45.6 Å². The SMILES string of the molecule is CC1(C)CCCCC1Nc1nc(NN)nc2[nH]ncc12. The molecular formula is C13H21N7. The number of aromatic amines is 1. The van der Waals surface area contributed by atoms with Gasteiger partial charge < -0.3 is 5.32 Å². The van der Waals surface area contributed by atoms with Crippen LogP contribution in [0.4, 0.5) is 11.8 Å². The summed E-state index contributed by atoms with van der Waals surface area (Å²) in [6.45, 7) is 4.61. The first-order valence-electron chi connectivity index (χ1n) is 7.04. The number of H-pyrrole nitrogens is 1. The Hall–Kier alpha value is -1.89. The van der Waals surface area contributed by atoms with Crippen molar-refractivity contribution in [2.75, 3.05) is 10.7 Å². The van der Waals surface area contributed by atoms with Gasteiger partial charge in [0.25, 0.3) is 0 Å². The summed E-state index contributed by atoms with van der Waals surface area (Å²) < 4.78 is 0. The molecule has 2 aromatic heterocycles. The van der Waals surface area contributed by atoms with E-state index in [-0.39, 0.29) is 5.41 Å². The predicted octanol–water partition coefficient (Wildman–Crippen LogP) is 2.02. The number of nitrogens with two attached hydrogens (primary N) is 1. The molecule has 20 heavy (non-hydrogen) atoms. The van der Waals surface area contributed by atoms with Gasteiger partial charge in [0.2, 0.25) is 5.95 Å². The van der Waals surface area contributed by atoms with Gasteiger partial charge in [-0.2, -0.15) is 15.1 Å². The minimum absolute atomic E-state index is 0.259. The van der Waals surface area contributed by atoms with Crippen molar-refractivity contribution in [1.29, 1.82) is 0 Å². The molecule has 1 saturated carbocycles. The van der Waals surface area contributed by atoms with E-state index in [4.69, 9.17) is 5.84 Å². The molecule has 0 saturated heterocycles. The summed E-state index contributed by atoms with van der Waals surface area (Å²) in [5.74, 6) is 6.60. The van der Waals surface area contributed by atoms with E-state index >= 15 is 0 Å². The minimum atomic E-state index is 0.259. The molecule has 0 amide bonds. The van der Waals surface area contributed by atoms with Crippen LogP contribution in [0.15, 0.2) is 6.20 Å². The van der Waals surface area contributed by atoms with E-state index in [9.17, 15) is 0 Å². The summed E-state index contributed by atoms with van der Waals surface area (Å²) in [4.78, 5) is 8.67. The van der Waals surface area contributed by atoms with Crippen molar-refractivity contribution in [3.05, 3.63) is 6.20 Å². The van der Waals surface area contributed by atoms with E-state index in [0.29, 0.717) is 17.6 Å². The summed E-state index contributed by atoms with van der Waals surface area (Å²) in [5.41, 5.74) is 3.44. The zero-order chi connectivity index (χ0) is 14.2. The van der Waals surface area contributed by atoms with Gasteiger partial charge in [-0.1, -0.05) is 26.7 Å². The van der Waals surface area contributed by atoms with Crippen LogP contribution >= 0.6 is 0 Å². The second-order valence-corrected chi connectivity index (χ2v) is 6.10. The number of hydrogen-bond acceptors (Lipinski definition) is 6. The molecule has 0 spiro atoms. The van der Waals surface area contributed by atoms with Crippen LogP contribution in [0.2, 0.25) is 0 Å². The van der Waals surface area contributed by atoms with Crippen LogP contribution in [0.5, 0.6) is 0 Å². The lowest BCUT2D eigenvalue weighted by atomic mass is 9.73. The standard InChI is InChI=1S/C13H21N7/c1-13(2)6-4-3-5-9(13)16-10-8-7-15-20-11(8)18-12(17-10)19-14/h7,9H,3-6,14H2,1-2H3,(H3,15,16,17,18,19,20). The molecule has 1 aliphatic carbocycles. The number of nitrogen functional groups attached to an aromatic ring is 1. The molecule has 0 bridgehead atoms. The van der Waals surface area contributed by atoms with Crippen molar-refractivity contribution in [3.8, 4) is 0 Å². The molecule has 7 heteroatoms. The van der Waals surface area contributed by atoms with Crippen LogP contribution in [-0.4, -0.2) is 26.2 Å². The molecule has 0 aliphatic heterocycles. The third kappa shape index (κ3) is 2.29. The van der Waals surface area contributed by atoms with E-state index in [1.807, 2.05) is 0 Å². The van der Waals surface area contributed by atoms with E-state index < -0.39 is 0 Å². The van der Waals surface area contributed by atoms with E-state index in [1.54, 1.807) is 6.20 Å². The van der Waals surface area contributed by atoms with Gasteiger partial charge in [0, 0.05) is 6.04 Å². The summed E-state index contributed by atoms with van der Waals surface area (Å²) in [5, 5.41) is 11.3. The van der Waals surface area contributed by atoms with Gasteiger partial charge in [-0.3, -0.25) is 10.5 Å². The topological polar surface area (TPSA) is 105 Å². The molecular weight excluding hydrogens is 254 g/mol. The average molecular weight is 275 g/mol. The summed E-state index contributed by atoms with van der Waals surface area (Å²) in [6, 6.07) is 0.398. The van der Waals surface area contributed by atoms with Crippen LogP contribution in [0, 0.1) is 5.41 Å². The lowest BCUT2D eigenvalue weighted by Crippen LogP contribution is -2.39. The third-order valence-electron chi connectivity index (χ3n) is 4.26. The largest absolute Gasteiger partial charge is 0.366 e. The highest BCUT2D eigenvalue weighted by Crippen LogP contribution is 2.37. The van der Waals surface area contributed by atoms with Gasteiger partial charge in [-0.25, -0.2) is 5.84 Å². The van der Waals surface area contributed by atoms with Crippen molar-refractivity contribution in [3.63, 3.8) is 0 Å². The van der Waals surface area contributed by atoms with Gasteiger partial charge >= 0.3 is 0 Å². The Balaban J connectivity index is 1.95. The fourth-order valence-corrected chi connectivity index (χ4v) is 2.94. The molecule has 7 nitrogen and oxygen atoms in total. The molecule has 5 N–H and O–H groups in total. The molecule has 1 atom stereocenters. The van der Waals surface area contributed by atoms with Crippen molar-refractivity contribution in [1.82, 2.24) is 20.2 Å². The lowest BCUT2D eigenvalue weighted by Gasteiger charge is -2.39. The van der Waals surface area contributed by atoms with E-state index in [1.165, 1.54) is 19.3 Å². The number of nitrogens with one attached hydrogen (secondary N) is 3. The zero-order valence-corrected chi connectivity index (χ0v) is 11.9. The van der Waals surface area contributed by atoms with Crippen LogP contribution in [0.1, 0.15) is 39.5 Å². The lowest BCUT2D eigenvalue weighted by molar-refractivity contribution is 0.217. The Kier molecular flexibility index (Phi) is 3.21. The Bertz CT molecular complexity index is 604. The van der Waals surface area contributed by atoms with E-state index in [0.717, 1.165) is 17.6 Å². The van der Waals surface area contributed by atoms with Gasteiger partial charge in [-0.05, 0) is 18.3 Å². The fraction of sp³-hybridized carbons (Fsp3) is 0.615. The normalized spacial score (nSPS) is 21.9. The predicted molar refractivity (Wildman–Crippen MR) is 79.2 cm³/mol. The molecule has 1 unspecified atom stereocenters. The Morgan fingerprint density at radius 3 is 2.95 bits per heavy atom. The van der Waals surface area contributed by atoms with Gasteiger partial charge in [-0.15, -0.1) is 0 Å². The van der Waals surface area contributed by atoms with E-state index in [2.05, 4.69) is 44.8 Å². The van der Waals surface area contributed by atoms with Gasteiger partial charge in [0.05, 0.1) is 11.6 Å². The number of rotatable bonds is 3. The number of hydrazine groups is 1. The Labute approximate surface area is 117 Å². The van der Waals surface area contributed by atoms with Crippen LogP contribution in [0.25, 0.3) is 11.0 Å². The highest BCUT2D eigenvalue weighted by Gasteiger charge is 2.32. The third-order valence-corrected chi connectivity index (χ3v) is 4.26. The van der Waals surface area contributed by atoms with Crippen molar-refractivity contribution < 1.29 is 0 Å². The number of hydrogen-bond donors (Lipinski definition) is 4. The number of fused-ring (bicyclic) bond motifs is 1. The molecule has 1 fully saturated rings. The maximum absolute atomic E-state index is 5.43. The second kappa shape index (κ2) is 4.90. The molecule has 0 radical (unpaired) electrons. The first-order valence-corrected chi connectivity index (χ1v) is 7.04. The number of nitrogens with zero attached hydrogens (tertiary/aromatic N) is 3. The summed E-state index contributed by atoms with van der Waals surface area (Å²) >= 11 is 0. The average Bonchev–Trinajstić information content (AvgIpc) is 2.89. The van der Waals surface area contributed by atoms with Crippen LogP contribution < -0.4 is 16.6 Å². The smallest absolute Gasteiger partial charge is 0.241 e. The molecule has 3 rings (SSSR count). The monoisotopic (exact) mass is 275 g/mol. The molecule has 108 valence electrons. The Morgan fingerprint density at radius 1 is 1.35 bits per heavy atom. The first-order chi connectivity index (χ1) is 9.60. The van der Waals surface area contributed by atoms with Crippen LogP contribution in [0.3, 0.4) is 0 Å². The highest BCUT2D eigenvalue weighted by atomic mass is 15.3.